The number of hydrogen-bond donors (Lipinski definition) is 1. The third kappa shape index (κ3) is 2.68. The summed E-state index contributed by atoms with van der Waals surface area (Å²) in [7, 11) is -3.24. The van der Waals surface area contributed by atoms with E-state index in [4.69, 9.17) is 1.37 Å². The fourth-order valence-electron chi connectivity index (χ4n) is 1.98. The molecule has 1 aromatic heterocycles. The molecule has 0 saturated carbocycles. The molecule has 2 aromatic carbocycles. The lowest BCUT2D eigenvalue weighted by molar-refractivity contribution is 0.602. The highest BCUT2D eigenvalue weighted by atomic mass is 32.2. The number of aromatic amines is 1. The zero-order chi connectivity index (χ0) is 16.6. The lowest BCUT2D eigenvalue weighted by atomic mass is 10.1. The fourth-order valence-corrected chi connectivity index (χ4v) is 2.61. The molecule has 8 heteroatoms. The molecule has 1 N–H and O–H groups in total. The van der Waals surface area contributed by atoms with Gasteiger partial charge in [-0.3, -0.25) is 0 Å². The summed E-state index contributed by atoms with van der Waals surface area (Å²) in [4.78, 5) is 11.7. The highest BCUT2D eigenvalue weighted by molar-refractivity contribution is 7.90. The average Bonchev–Trinajstić information content (AvgIpc) is 2.92. The van der Waals surface area contributed by atoms with Crippen LogP contribution in [0.15, 0.2) is 58.2 Å². The van der Waals surface area contributed by atoms with Crippen molar-refractivity contribution in [3.05, 3.63) is 59.0 Å². The first-order chi connectivity index (χ1) is 10.9. The van der Waals surface area contributed by atoms with E-state index in [2.05, 4.69) is 15.5 Å². The average molecular weight is 317 g/mol. The molecule has 0 fully saturated rings. The molecule has 0 unspecified atom stereocenters. The zero-order valence-electron chi connectivity index (χ0n) is 12.5. The van der Waals surface area contributed by atoms with E-state index in [1.807, 2.05) is 0 Å². The van der Waals surface area contributed by atoms with Crippen LogP contribution in [0.3, 0.4) is 0 Å². The maximum Gasteiger partial charge on any atom is 0.365 e. The molecule has 0 bridgehead atoms. The van der Waals surface area contributed by atoms with Crippen LogP contribution in [0.5, 0.6) is 0 Å². The summed E-state index contributed by atoms with van der Waals surface area (Å²) < 4.78 is 32.0. The number of nitrogens with zero attached hydrogens (tertiary/aromatic N) is 3. The Bertz CT molecular complexity index is 1020. The SMILES string of the molecule is [2H]c1cc(-c2ccc(S(C)(=O)=O)cc2)ccc1-n1nn[nH]c1=O. The Morgan fingerprint density at radius 2 is 1.73 bits per heavy atom. The molecular weight excluding hydrogens is 304 g/mol. The van der Waals surface area contributed by atoms with Gasteiger partial charge < -0.3 is 0 Å². The van der Waals surface area contributed by atoms with Gasteiger partial charge in [-0.05, 0) is 45.8 Å². The van der Waals surface area contributed by atoms with Crippen molar-refractivity contribution in [3.8, 4) is 16.8 Å². The predicted molar refractivity (Wildman–Crippen MR) is 80.5 cm³/mol. The maximum atomic E-state index is 11.5. The Labute approximate surface area is 127 Å². The smallest absolute Gasteiger partial charge is 0.244 e. The van der Waals surface area contributed by atoms with Crippen molar-refractivity contribution in [2.75, 3.05) is 6.26 Å². The second kappa shape index (κ2) is 5.23. The molecule has 0 saturated heterocycles. The van der Waals surface area contributed by atoms with Gasteiger partial charge in [-0.25, -0.2) is 18.3 Å². The van der Waals surface area contributed by atoms with E-state index in [0.717, 1.165) is 22.1 Å². The summed E-state index contributed by atoms with van der Waals surface area (Å²) in [5.41, 5.74) is 1.28. The van der Waals surface area contributed by atoms with E-state index < -0.39 is 15.5 Å². The van der Waals surface area contributed by atoms with Crippen molar-refractivity contribution in [1.29, 1.82) is 0 Å². The number of nitrogens with one attached hydrogen (secondary N) is 1. The second-order valence-corrected chi connectivity index (χ2v) is 6.69. The molecule has 0 atom stereocenters. The van der Waals surface area contributed by atoms with Gasteiger partial charge in [0.15, 0.2) is 9.84 Å². The van der Waals surface area contributed by atoms with Gasteiger partial charge in [0.2, 0.25) is 0 Å². The van der Waals surface area contributed by atoms with Crippen molar-refractivity contribution in [3.63, 3.8) is 0 Å². The number of hydrogen-bond acceptors (Lipinski definition) is 5. The van der Waals surface area contributed by atoms with E-state index in [-0.39, 0.29) is 10.9 Å². The van der Waals surface area contributed by atoms with Crippen LogP contribution in [0.4, 0.5) is 0 Å². The van der Waals surface area contributed by atoms with E-state index >= 15 is 0 Å². The van der Waals surface area contributed by atoms with Gasteiger partial charge in [-0.2, -0.15) is 4.68 Å². The number of benzene rings is 2. The summed E-state index contributed by atoms with van der Waals surface area (Å²) in [6.45, 7) is 0. The van der Waals surface area contributed by atoms with Crippen LogP contribution in [0.2, 0.25) is 0 Å². The Hall–Kier alpha value is -2.74. The summed E-state index contributed by atoms with van der Waals surface area (Å²) in [5.74, 6) is 0. The Morgan fingerprint density at radius 1 is 1.09 bits per heavy atom. The number of H-pyrrole nitrogens is 1. The quantitative estimate of drug-likeness (QED) is 0.778. The molecule has 0 aliphatic carbocycles. The molecule has 112 valence electrons. The van der Waals surface area contributed by atoms with E-state index in [0.29, 0.717) is 5.69 Å². The summed E-state index contributed by atoms with van der Waals surface area (Å²) >= 11 is 0. The molecule has 0 aliphatic heterocycles. The Morgan fingerprint density at radius 3 is 2.27 bits per heavy atom. The first-order valence-electron chi connectivity index (χ1n) is 6.78. The van der Waals surface area contributed by atoms with Gasteiger partial charge in [0.1, 0.15) is 0 Å². The van der Waals surface area contributed by atoms with Crippen LogP contribution >= 0.6 is 0 Å². The van der Waals surface area contributed by atoms with Gasteiger partial charge >= 0.3 is 5.69 Å². The van der Waals surface area contributed by atoms with Crippen LogP contribution in [0.25, 0.3) is 16.8 Å². The number of tetrazole rings is 1. The first-order valence-corrected chi connectivity index (χ1v) is 8.17. The highest BCUT2D eigenvalue weighted by Crippen LogP contribution is 2.22. The highest BCUT2D eigenvalue weighted by Gasteiger charge is 2.07. The van der Waals surface area contributed by atoms with Crippen LogP contribution in [0.1, 0.15) is 1.37 Å². The van der Waals surface area contributed by atoms with E-state index in [1.165, 1.54) is 12.1 Å². The zero-order valence-corrected chi connectivity index (χ0v) is 12.3. The fraction of sp³-hybridized carbons (Fsp3) is 0.0714. The van der Waals surface area contributed by atoms with Crippen molar-refractivity contribution in [2.45, 2.75) is 4.90 Å². The van der Waals surface area contributed by atoms with Gasteiger partial charge in [-0.1, -0.05) is 24.3 Å². The van der Waals surface area contributed by atoms with Crippen molar-refractivity contribution in [1.82, 2.24) is 20.2 Å². The summed E-state index contributed by atoms with van der Waals surface area (Å²) in [5, 5.41) is 9.15. The van der Waals surface area contributed by atoms with Gasteiger partial charge in [0.05, 0.1) is 12.0 Å². The normalized spacial score (nSPS) is 12.1. The Balaban J connectivity index is 2.01. The van der Waals surface area contributed by atoms with Crippen molar-refractivity contribution < 1.29 is 9.79 Å². The van der Waals surface area contributed by atoms with Crippen LogP contribution in [-0.4, -0.2) is 34.9 Å². The molecular formula is C14H12N4O3S. The lowest BCUT2D eigenvalue weighted by Crippen LogP contribution is -2.15. The van der Waals surface area contributed by atoms with Crippen LogP contribution in [-0.2, 0) is 9.84 Å². The number of aromatic nitrogens is 4. The number of rotatable bonds is 3. The molecule has 0 spiro atoms. The maximum absolute atomic E-state index is 11.5. The van der Waals surface area contributed by atoms with Gasteiger partial charge in [0.25, 0.3) is 0 Å². The van der Waals surface area contributed by atoms with Gasteiger partial charge in [0, 0.05) is 6.26 Å². The van der Waals surface area contributed by atoms with Crippen LogP contribution < -0.4 is 5.69 Å². The summed E-state index contributed by atoms with van der Waals surface area (Å²) in [6.07, 6.45) is 1.15. The molecule has 3 rings (SSSR count). The minimum Gasteiger partial charge on any atom is -0.244 e. The molecule has 0 radical (unpaired) electrons. The molecule has 1 heterocycles. The van der Waals surface area contributed by atoms with E-state index in [9.17, 15) is 13.2 Å². The van der Waals surface area contributed by atoms with Crippen molar-refractivity contribution in [2.24, 2.45) is 0 Å². The minimum absolute atomic E-state index is 0.102. The monoisotopic (exact) mass is 317 g/mol. The topological polar surface area (TPSA) is 97.7 Å². The Kier molecular flexibility index (Phi) is 3.08. The van der Waals surface area contributed by atoms with Crippen molar-refractivity contribution >= 4 is 9.84 Å². The molecule has 3 aromatic rings. The van der Waals surface area contributed by atoms with E-state index in [1.54, 1.807) is 30.3 Å². The summed E-state index contributed by atoms with van der Waals surface area (Å²) in [6, 6.07) is 11.4. The van der Waals surface area contributed by atoms with Crippen LogP contribution in [0, 0.1) is 0 Å². The standard InChI is InChI=1S/C14H12N4O3S/c1-22(20,21)13-8-4-11(5-9-13)10-2-6-12(7-3-10)18-14(19)15-16-17-18/h2-9H,1H3,(H,15,17,19)/i6D. The minimum atomic E-state index is -3.24. The third-order valence-corrected chi connectivity index (χ3v) is 4.24. The number of sulfone groups is 1. The molecule has 7 nitrogen and oxygen atoms in total. The molecule has 0 aliphatic rings. The third-order valence-electron chi connectivity index (χ3n) is 3.11. The first kappa shape index (κ1) is 13.0. The predicted octanol–water partition coefficient (Wildman–Crippen LogP) is 1.03. The largest absolute Gasteiger partial charge is 0.365 e. The molecule has 22 heavy (non-hydrogen) atoms. The lowest BCUT2D eigenvalue weighted by Gasteiger charge is -2.05. The second-order valence-electron chi connectivity index (χ2n) is 4.68. The van der Waals surface area contributed by atoms with Gasteiger partial charge in [-0.15, -0.1) is 0 Å². The molecule has 0 amide bonds.